The van der Waals surface area contributed by atoms with E-state index in [-0.39, 0.29) is 0 Å². The molecule has 0 fully saturated rings. The quantitative estimate of drug-likeness (QED) is 0.474. The lowest BCUT2D eigenvalue weighted by atomic mass is 10.2. The van der Waals surface area contributed by atoms with Crippen molar-refractivity contribution in [1.29, 1.82) is 0 Å². The Morgan fingerprint density at radius 1 is 1.39 bits per heavy atom. The zero-order valence-corrected chi connectivity index (χ0v) is 11.4. The second-order valence-corrected chi connectivity index (χ2v) is 3.50. The number of rotatable bonds is 4. The molecule has 0 aromatic carbocycles. The van der Waals surface area contributed by atoms with Gasteiger partial charge < -0.3 is 9.84 Å². The van der Waals surface area contributed by atoms with Crippen LogP contribution in [0, 0.1) is 12.0 Å². The van der Waals surface area contributed by atoms with Crippen molar-refractivity contribution in [3.05, 3.63) is 23.8 Å². The van der Waals surface area contributed by atoms with E-state index >= 15 is 0 Å². The molecule has 4 nitrogen and oxygen atoms in total. The summed E-state index contributed by atoms with van der Waals surface area (Å²) >= 11 is 0. The zero-order valence-electron chi connectivity index (χ0n) is 11.4. The summed E-state index contributed by atoms with van der Waals surface area (Å²) in [6, 6.07) is 0. The molecule has 0 radical (unpaired) electrons. The van der Waals surface area contributed by atoms with Crippen molar-refractivity contribution in [3.8, 4) is 12.0 Å². The van der Waals surface area contributed by atoms with E-state index in [0.29, 0.717) is 11.1 Å². The van der Waals surface area contributed by atoms with Gasteiger partial charge in [-0.3, -0.25) is 0 Å². The third-order valence-corrected chi connectivity index (χ3v) is 1.67. The Balaban J connectivity index is 0. The van der Waals surface area contributed by atoms with E-state index in [1.54, 1.807) is 26.8 Å². The van der Waals surface area contributed by atoms with Gasteiger partial charge in [0.15, 0.2) is 0 Å². The van der Waals surface area contributed by atoms with Crippen molar-refractivity contribution in [2.24, 2.45) is 0 Å². The minimum atomic E-state index is -0.816. The molecule has 0 amide bonds. The van der Waals surface area contributed by atoms with E-state index in [2.05, 4.69) is 23.3 Å². The van der Waals surface area contributed by atoms with Crippen LogP contribution < -0.4 is 0 Å². The lowest BCUT2D eigenvalue weighted by Crippen LogP contribution is -1.98. The lowest BCUT2D eigenvalue weighted by molar-refractivity contribution is -0.133. The predicted molar refractivity (Wildman–Crippen MR) is 70.7 cm³/mol. The number of hydrogen-bond donors (Lipinski definition) is 1. The molecule has 0 bridgehead atoms. The summed E-state index contributed by atoms with van der Waals surface area (Å²) in [5, 5.41) is 8.34. The highest BCUT2D eigenvalue weighted by Gasteiger charge is 1.98. The first-order chi connectivity index (χ1) is 8.36. The Labute approximate surface area is 108 Å². The maximum absolute atomic E-state index is 10.5. The molecule has 0 aromatic rings. The number of allylic oxidation sites excluding steroid dienone is 1. The summed E-state index contributed by atoms with van der Waals surface area (Å²) in [6.07, 6.45) is 5.77. The molecule has 0 saturated carbocycles. The molecule has 0 heterocycles. The Bertz CT molecular complexity index is 380. The van der Waals surface area contributed by atoms with Crippen LogP contribution in [-0.2, 0) is 14.3 Å². The Morgan fingerprint density at radius 2 is 1.94 bits per heavy atom. The molecule has 18 heavy (non-hydrogen) atoms. The molecule has 1 N–H and O–H groups in total. The van der Waals surface area contributed by atoms with Gasteiger partial charge in [-0.1, -0.05) is 31.9 Å². The smallest absolute Gasteiger partial charge is 0.347 e. The normalized spacial score (nSPS) is 9.22. The van der Waals surface area contributed by atoms with Crippen LogP contribution in [0.3, 0.4) is 0 Å². The summed E-state index contributed by atoms with van der Waals surface area (Å²) in [7, 11) is 0. The summed E-state index contributed by atoms with van der Waals surface area (Å²) < 4.78 is 4.35. The van der Waals surface area contributed by atoms with Gasteiger partial charge in [-0.2, -0.15) is 0 Å². The molecule has 0 aromatic heterocycles. The standard InChI is InChI=1S/C7H8O2.C7H12O2/c1-4-5-9-7(8)6(2)3;1-3-4-5-6(2)7(8)9/h2H2,1,3H3;5H,3-4H2,1-2H3,(H,8,9). The maximum Gasteiger partial charge on any atom is 0.347 e. The van der Waals surface area contributed by atoms with Gasteiger partial charge in [0.25, 0.3) is 0 Å². The first kappa shape index (κ1) is 18.3. The number of carboxylic acids is 1. The van der Waals surface area contributed by atoms with Gasteiger partial charge in [-0.15, -0.1) is 0 Å². The number of unbranched alkanes of at least 4 members (excludes halogenated alkanes) is 1. The fourth-order valence-electron chi connectivity index (χ4n) is 0.633. The average molecular weight is 252 g/mol. The van der Waals surface area contributed by atoms with Crippen molar-refractivity contribution in [3.63, 3.8) is 0 Å². The molecule has 100 valence electrons. The van der Waals surface area contributed by atoms with Gasteiger partial charge in [-0.05, 0) is 20.3 Å². The second-order valence-electron chi connectivity index (χ2n) is 3.50. The molecular formula is C14H20O4. The number of ether oxygens (including phenoxy) is 1. The zero-order chi connectivity index (χ0) is 14.6. The molecule has 0 rings (SSSR count). The summed E-state index contributed by atoms with van der Waals surface area (Å²) in [4.78, 5) is 20.6. The van der Waals surface area contributed by atoms with Crippen molar-refractivity contribution in [2.75, 3.05) is 0 Å². The van der Waals surface area contributed by atoms with Crippen LogP contribution in [0.1, 0.15) is 40.5 Å². The SMILES string of the molecule is C=C(C)C(=O)OC#CC.CCCC=C(C)C(=O)O. The molecule has 0 saturated heterocycles. The van der Waals surface area contributed by atoms with Crippen LogP contribution in [0.15, 0.2) is 23.8 Å². The Hall–Kier alpha value is -2.02. The van der Waals surface area contributed by atoms with Gasteiger partial charge in [0.2, 0.25) is 0 Å². The van der Waals surface area contributed by atoms with Gasteiger partial charge in [0.05, 0.1) is 0 Å². The van der Waals surface area contributed by atoms with Gasteiger partial charge in [0, 0.05) is 18.1 Å². The van der Waals surface area contributed by atoms with E-state index in [1.807, 2.05) is 6.92 Å². The monoisotopic (exact) mass is 252 g/mol. The molecule has 0 unspecified atom stereocenters. The van der Waals surface area contributed by atoms with Gasteiger partial charge in [0.1, 0.15) is 6.11 Å². The van der Waals surface area contributed by atoms with Crippen molar-refractivity contribution >= 4 is 11.9 Å². The van der Waals surface area contributed by atoms with E-state index in [1.165, 1.54) is 0 Å². The minimum absolute atomic E-state index is 0.359. The minimum Gasteiger partial charge on any atom is -0.478 e. The fraction of sp³-hybridized carbons (Fsp3) is 0.429. The molecule has 4 heteroatoms. The number of carbonyl (C=O) groups excluding carboxylic acids is 1. The molecule has 0 aliphatic heterocycles. The van der Waals surface area contributed by atoms with Crippen LogP contribution >= 0.6 is 0 Å². The van der Waals surface area contributed by atoms with E-state index in [0.717, 1.165) is 12.8 Å². The predicted octanol–water partition coefficient (Wildman–Crippen LogP) is 2.90. The average Bonchev–Trinajstić information content (AvgIpc) is 2.33. The first-order valence-corrected chi connectivity index (χ1v) is 5.55. The van der Waals surface area contributed by atoms with Gasteiger partial charge >= 0.3 is 11.9 Å². The number of carbonyl (C=O) groups is 2. The van der Waals surface area contributed by atoms with E-state index < -0.39 is 11.9 Å². The summed E-state index contributed by atoms with van der Waals surface area (Å²) in [5.74, 6) is 1.13. The van der Waals surface area contributed by atoms with E-state index in [9.17, 15) is 9.59 Å². The van der Waals surface area contributed by atoms with Gasteiger partial charge in [-0.25, -0.2) is 9.59 Å². The van der Waals surface area contributed by atoms with Crippen LogP contribution in [0.2, 0.25) is 0 Å². The first-order valence-electron chi connectivity index (χ1n) is 5.55. The topological polar surface area (TPSA) is 63.6 Å². The molecule has 0 aliphatic rings. The maximum atomic E-state index is 10.5. The molecule has 0 spiro atoms. The summed E-state index contributed by atoms with van der Waals surface area (Å²) in [6.45, 7) is 10.2. The van der Waals surface area contributed by atoms with E-state index in [4.69, 9.17) is 5.11 Å². The third-order valence-electron chi connectivity index (χ3n) is 1.67. The molecule has 0 aliphatic carbocycles. The van der Waals surface area contributed by atoms with Crippen LogP contribution in [0.5, 0.6) is 0 Å². The second kappa shape index (κ2) is 11.5. The Morgan fingerprint density at radius 3 is 2.28 bits per heavy atom. The largest absolute Gasteiger partial charge is 0.478 e. The number of aliphatic carboxylic acids is 1. The number of hydrogen-bond acceptors (Lipinski definition) is 3. The number of carboxylic acid groups (broad SMARTS) is 1. The van der Waals surface area contributed by atoms with Crippen molar-refractivity contribution in [2.45, 2.75) is 40.5 Å². The number of esters is 1. The van der Waals surface area contributed by atoms with Crippen LogP contribution in [0.25, 0.3) is 0 Å². The third kappa shape index (κ3) is 12.1. The van der Waals surface area contributed by atoms with Crippen molar-refractivity contribution < 1.29 is 19.4 Å². The van der Waals surface area contributed by atoms with Crippen molar-refractivity contribution in [1.82, 2.24) is 0 Å². The van der Waals surface area contributed by atoms with Crippen LogP contribution in [0.4, 0.5) is 0 Å². The summed E-state index contributed by atoms with van der Waals surface area (Å²) in [5.41, 5.74) is 0.801. The lowest BCUT2D eigenvalue weighted by Gasteiger charge is -1.90. The van der Waals surface area contributed by atoms with Crippen LogP contribution in [-0.4, -0.2) is 17.0 Å². The molecule has 0 atom stereocenters. The fourth-order valence-corrected chi connectivity index (χ4v) is 0.633. The highest BCUT2D eigenvalue weighted by Crippen LogP contribution is 1.96. The molecular weight excluding hydrogens is 232 g/mol. The highest BCUT2D eigenvalue weighted by atomic mass is 16.5. The Kier molecular flexibility index (Phi) is 11.7. The highest BCUT2D eigenvalue weighted by molar-refractivity contribution is 5.87.